The zero-order chi connectivity index (χ0) is 14.7. The van der Waals surface area contributed by atoms with E-state index in [4.69, 9.17) is 15.2 Å². The topological polar surface area (TPSA) is 44.5 Å². The summed E-state index contributed by atoms with van der Waals surface area (Å²) in [5, 5.41) is 0. The molecule has 0 aromatic heterocycles. The van der Waals surface area contributed by atoms with E-state index in [1.807, 2.05) is 0 Å². The van der Waals surface area contributed by atoms with Crippen molar-refractivity contribution in [1.82, 2.24) is 0 Å². The molecule has 1 aromatic rings. The van der Waals surface area contributed by atoms with Crippen LogP contribution in [0.3, 0.4) is 0 Å². The van der Waals surface area contributed by atoms with E-state index >= 15 is 0 Å². The molecular formula is C18H27NO2. The second-order valence-corrected chi connectivity index (χ2v) is 6.59. The lowest BCUT2D eigenvalue weighted by atomic mass is 9.79. The molecule has 0 bridgehead atoms. The fraction of sp³-hybridized carbons (Fsp3) is 0.667. The highest BCUT2D eigenvalue weighted by molar-refractivity contribution is 5.40. The van der Waals surface area contributed by atoms with E-state index in [1.165, 1.54) is 37.7 Å². The maximum absolute atomic E-state index is 6.38. The molecule has 1 unspecified atom stereocenters. The lowest BCUT2D eigenvalue weighted by Gasteiger charge is -2.43. The van der Waals surface area contributed by atoms with Gasteiger partial charge in [0.05, 0.1) is 12.2 Å². The van der Waals surface area contributed by atoms with Crippen molar-refractivity contribution < 1.29 is 9.47 Å². The van der Waals surface area contributed by atoms with Crippen molar-refractivity contribution in [3.63, 3.8) is 0 Å². The van der Waals surface area contributed by atoms with Crippen LogP contribution in [-0.2, 0) is 11.3 Å². The van der Waals surface area contributed by atoms with E-state index in [2.05, 4.69) is 25.1 Å². The van der Waals surface area contributed by atoms with E-state index in [1.54, 1.807) is 0 Å². The molecule has 2 fully saturated rings. The van der Waals surface area contributed by atoms with E-state index in [9.17, 15) is 0 Å². The van der Waals surface area contributed by atoms with Crippen LogP contribution in [0.5, 0.6) is 5.75 Å². The van der Waals surface area contributed by atoms with Gasteiger partial charge in [0.2, 0.25) is 0 Å². The van der Waals surface area contributed by atoms with Crippen LogP contribution in [0.2, 0.25) is 0 Å². The van der Waals surface area contributed by atoms with E-state index in [0.29, 0.717) is 6.54 Å². The van der Waals surface area contributed by atoms with Gasteiger partial charge in [0, 0.05) is 24.9 Å². The Bertz CT molecular complexity index is 475. The van der Waals surface area contributed by atoms with E-state index < -0.39 is 0 Å². The summed E-state index contributed by atoms with van der Waals surface area (Å²) in [6.45, 7) is 3.46. The molecule has 3 nitrogen and oxygen atoms in total. The summed E-state index contributed by atoms with van der Waals surface area (Å²) in [6.07, 6.45) is 8.63. The Kier molecular flexibility index (Phi) is 4.51. The number of hydrogen-bond acceptors (Lipinski definition) is 3. The summed E-state index contributed by atoms with van der Waals surface area (Å²) in [4.78, 5) is 0. The van der Waals surface area contributed by atoms with Crippen molar-refractivity contribution >= 4 is 0 Å². The van der Waals surface area contributed by atoms with Gasteiger partial charge in [-0.2, -0.15) is 0 Å². The van der Waals surface area contributed by atoms with Crippen molar-refractivity contribution in [3.05, 3.63) is 29.3 Å². The van der Waals surface area contributed by atoms with Crippen LogP contribution in [-0.4, -0.2) is 18.3 Å². The van der Waals surface area contributed by atoms with Crippen LogP contribution in [0.15, 0.2) is 18.2 Å². The van der Waals surface area contributed by atoms with Gasteiger partial charge < -0.3 is 15.2 Å². The molecule has 116 valence electrons. The standard InChI is InChI=1S/C18H27NO2/c1-14-6-5-7-15(13-19)17(14)21-16-8-11-20-18(12-16)9-3-2-4-10-18/h5-7,16H,2-4,8-13,19H2,1H3. The van der Waals surface area contributed by atoms with Crippen LogP contribution in [0.25, 0.3) is 0 Å². The molecule has 2 N–H and O–H groups in total. The van der Waals surface area contributed by atoms with E-state index in [0.717, 1.165) is 30.8 Å². The van der Waals surface area contributed by atoms with Gasteiger partial charge in [0.15, 0.2) is 0 Å². The van der Waals surface area contributed by atoms with Gasteiger partial charge in [-0.1, -0.05) is 37.5 Å². The first kappa shape index (κ1) is 14.9. The summed E-state index contributed by atoms with van der Waals surface area (Å²) >= 11 is 0. The number of ether oxygens (including phenoxy) is 2. The molecule has 3 rings (SSSR count). The number of nitrogens with two attached hydrogens (primary N) is 1. The molecule has 1 heterocycles. The van der Waals surface area contributed by atoms with Crippen molar-refractivity contribution in [2.24, 2.45) is 5.73 Å². The van der Waals surface area contributed by atoms with Crippen LogP contribution >= 0.6 is 0 Å². The smallest absolute Gasteiger partial charge is 0.127 e. The molecule has 1 aliphatic carbocycles. The lowest BCUT2D eigenvalue weighted by molar-refractivity contribution is -0.129. The van der Waals surface area contributed by atoms with Crippen molar-refractivity contribution in [1.29, 1.82) is 0 Å². The zero-order valence-electron chi connectivity index (χ0n) is 13.1. The Morgan fingerprint density at radius 3 is 2.86 bits per heavy atom. The summed E-state index contributed by atoms with van der Waals surface area (Å²) < 4.78 is 12.5. The van der Waals surface area contributed by atoms with Gasteiger partial charge in [-0.05, 0) is 25.3 Å². The van der Waals surface area contributed by atoms with Crippen LogP contribution in [0, 0.1) is 6.92 Å². The van der Waals surface area contributed by atoms with Crippen molar-refractivity contribution in [3.8, 4) is 5.75 Å². The number of rotatable bonds is 3. The highest BCUT2D eigenvalue weighted by Crippen LogP contribution is 2.40. The van der Waals surface area contributed by atoms with Gasteiger partial charge in [0.25, 0.3) is 0 Å². The molecule has 3 heteroatoms. The third-order valence-electron chi connectivity index (χ3n) is 5.01. The Hall–Kier alpha value is -1.06. The largest absolute Gasteiger partial charge is 0.490 e. The highest BCUT2D eigenvalue weighted by Gasteiger charge is 2.39. The fourth-order valence-corrected chi connectivity index (χ4v) is 3.84. The fourth-order valence-electron chi connectivity index (χ4n) is 3.84. The molecule has 2 aliphatic rings. The molecule has 1 saturated heterocycles. The molecule has 1 spiro atoms. The van der Waals surface area contributed by atoms with Crippen LogP contribution in [0.1, 0.15) is 56.1 Å². The molecule has 1 atom stereocenters. The first-order chi connectivity index (χ1) is 10.2. The predicted octanol–water partition coefficient (Wildman–Crippen LogP) is 3.71. The number of aryl methyl sites for hydroxylation is 1. The van der Waals surface area contributed by atoms with Crippen molar-refractivity contribution in [2.45, 2.75) is 70.1 Å². The SMILES string of the molecule is Cc1cccc(CN)c1OC1CCOC2(CCCCC2)C1. The average Bonchev–Trinajstić information content (AvgIpc) is 2.50. The number of benzene rings is 1. The first-order valence-corrected chi connectivity index (χ1v) is 8.32. The van der Waals surface area contributed by atoms with Gasteiger partial charge in [0.1, 0.15) is 11.9 Å². The number of para-hydroxylation sites is 1. The van der Waals surface area contributed by atoms with Crippen LogP contribution < -0.4 is 10.5 Å². The third kappa shape index (κ3) is 3.24. The average molecular weight is 289 g/mol. The summed E-state index contributed by atoms with van der Waals surface area (Å²) in [5.74, 6) is 0.998. The highest BCUT2D eigenvalue weighted by atomic mass is 16.5. The van der Waals surface area contributed by atoms with E-state index in [-0.39, 0.29) is 11.7 Å². The Morgan fingerprint density at radius 2 is 2.10 bits per heavy atom. The second-order valence-electron chi connectivity index (χ2n) is 6.59. The monoisotopic (exact) mass is 289 g/mol. The third-order valence-corrected chi connectivity index (χ3v) is 5.01. The Balaban J connectivity index is 1.73. The molecule has 1 aliphatic heterocycles. The second kappa shape index (κ2) is 6.37. The lowest BCUT2D eigenvalue weighted by Crippen LogP contribution is -2.45. The van der Waals surface area contributed by atoms with Crippen molar-refractivity contribution in [2.75, 3.05) is 6.61 Å². The maximum Gasteiger partial charge on any atom is 0.127 e. The number of hydrogen-bond donors (Lipinski definition) is 1. The molecular weight excluding hydrogens is 262 g/mol. The minimum Gasteiger partial charge on any atom is -0.490 e. The molecule has 1 saturated carbocycles. The van der Waals surface area contributed by atoms with Gasteiger partial charge in [-0.15, -0.1) is 0 Å². The summed E-state index contributed by atoms with van der Waals surface area (Å²) in [6, 6.07) is 6.22. The first-order valence-electron chi connectivity index (χ1n) is 8.32. The van der Waals surface area contributed by atoms with Gasteiger partial charge in [-0.25, -0.2) is 0 Å². The minimum atomic E-state index is 0.0900. The molecule has 0 amide bonds. The zero-order valence-corrected chi connectivity index (χ0v) is 13.1. The van der Waals surface area contributed by atoms with Gasteiger partial charge in [-0.3, -0.25) is 0 Å². The molecule has 21 heavy (non-hydrogen) atoms. The summed E-state index contributed by atoms with van der Waals surface area (Å²) in [7, 11) is 0. The molecule has 0 radical (unpaired) electrons. The summed E-state index contributed by atoms with van der Waals surface area (Å²) in [5.41, 5.74) is 8.24. The predicted molar refractivity (Wildman–Crippen MR) is 84.5 cm³/mol. The maximum atomic E-state index is 6.38. The van der Waals surface area contributed by atoms with Gasteiger partial charge >= 0.3 is 0 Å². The minimum absolute atomic E-state index is 0.0900. The molecule has 1 aromatic carbocycles. The van der Waals surface area contributed by atoms with Crippen LogP contribution in [0.4, 0.5) is 0 Å². The normalized spacial score (nSPS) is 25.0. The Labute approximate surface area is 127 Å². The quantitative estimate of drug-likeness (QED) is 0.922. The Morgan fingerprint density at radius 1 is 1.29 bits per heavy atom.